The summed E-state index contributed by atoms with van der Waals surface area (Å²) in [5.41, 5.74) is 14.7. The van der Waals surface area contributed by atoms with E-state index in [1.54, 1.807) is 66.7 Å². The normalized spacial score (nSPS) is 14.4. The monoisotopic (exact) mass is 566 g/mol. The standard InChI is InChI=1S/C30H23N2O4P.2C2H6/c31-20-9-13-22(14-10-20)34-24-17-18-28(35-23-15-11-21(32)12-16-23)30(19-24)37(33)29-8-4-2-6-26(29)25-5-1-3-7-27(25)36-37;2*1-2/h1-19H,31-32H2;2*1-2H3. The van der Waals surface area contributed by atoms with E-state index in [9.17, 15) is 4.57 Å². The van der Waals surface area contributed by atoms with Crippen LogP contribution >= 0.6 is 7.37 Å². The minimum absolute atomic E-state index is 0.388. The van der Waals surface area contributed by atoms with Crippen molar-refractivity contribution < 1.29 is 18.6 Å². The highest BCUT2D eigenvalue weighted by Gasteiger charge is 2.40. The lowest BCUT2D eigenvalue weighted by Crippen LogP contribution is -2.26. The van der Waals surface area contributed by atoms with Gasteiger partial charge in [0.2, 0.25) is 0 Å². The summed E-state index contributed by atoms with van der Waals surface area (Å²) in [5, 5.41) is 0.986. The first-order valence-electron chi connectivity index (χ1n) is 13.7. The number of hydrogen-bond acceptors (Lipinski definition) is 6. The largest absolute Gasteiger partial charge is 0.457 e. The van der Waals surface area contributed by atoms with E-state index >= 15 is 0 Å². The Kier molecular flexibility index (Phi) is 9.38. The zero-order valence-corrected chi connectivity index (χ0v) is 24.6. The molecule has 0 saturated heterocycles. The fraction of sp³-hybridized carbons (Fsp3) is 0.118. The van der Waals surface area contributed by atoms with Crippen LogP contribution in [0.5, 0.6) is 28.7 Å². The van der Waals surface area contributed by atoms with Gasteiger partial charge in [-0.25, -0.2) is 0 Å². The average Bonchev–Trinajstić information content (AvgIpc) is 3.02. The van der Waals surface area contributed by atoms with Crippen molar-refractivity contribution >= 4 is 29.4 Å². The molecule has 1 atom stereocenters. The number of ether oxygens (including phenoxy) is 2. The zero-order chi connectivity index (χ0) is 29.4. The molecule has 1 aliphatic rings. The molecular weight excluding hydrogens is 531 g/mol. The van der Waals surface area contributed by atoms with Gasteiger partial charge in [0.25, 0.3) is 0 Å². The lowest BCUT2D eigenvalue weighted by molar-refractivity contribution is 0.467. The molecule has 0 fully saturated rings. The van der Waals surface area contributed by atoms with E-state index in [0.29, 0.717) is 50.7 Å². The lowest BCUT2D eigenvalue weighted by Gasteiger charge is -2.30. The fourth-order valence-electron chi connectivity index (χ4n) is 4.31. The van der Waals surface area contributed by atoms with Crippen molar-refractivity contribution in [2.75, 3.05) is 11.5 Å². The van der Waals surface area contributed by atoms with Gasteiger partial charge in [0.05, 0.1) is 10.6 Å². The third-order valence-electron chi connectivity index (χ3n) is 6.10. The minimum atomic E-state index is -3.66. The Morgan fingerprint density at radius 1 is 0.561 bits per heavy atom. The highest BCUT2D eigenvalue weighted by Crippen LogP contribution is 2.55. The maximum absolute atomic E-state index is 14.9. The van der Waals surface area contributed by atoms with Crippen molar-refractivity contribution in [3.05, 3.63) is 115 Å². The third-order valence-corrected chi connectivity index (χ3v) is 8.56. The van der Waals surface area contributed by atoms with E-state index in [4.69, 9.17) is 25.5 Å². The average molecular weight is 567 g/mol. The molecule has 41 heavy (non-hydrogen) atoms. The number of rotatable bonds is 5. The number of nitrogens with two attached hydrogens (primary N) is 2. The van der Waals surface area contributed by atoms with Crippen molar-refractivity contribution in [1.82, 2.24) is 0 Å². The van der Waals surface area contributed by atoms with Crippen LogP contribution in [0.4, 0.5) is 11.4 Å². The highest BCUT2D eigenvalue weighted by atomic mass is 31.2. The molecule has 0 amide bonds. The number of anilines is 2. The minimum Gasteiger partial charge on any atom is -0.457 e. The smallest absolute Gasteiger partial charge is 0.311 e. The van der Waals surface area contributed by atoms with E-state index in [1.165, 1.54) is 0 Å². The van der Waals surface area contributed by atoms with Crippen molar-refractivity contribution in [2.24, 2.45) is 0 Å². The SMILES string of the molecule is CC.CC.Nc1ccc(Oc2ccc(Oc3ccc(N)cc3)c(P3(=O)Oc4ccccc4-c4ccccc43)c2)cc1. The van der Waals surface area contributed by atoms with Gasteiger partial charge < -0.3 is 25.5 Å². The molecule has 6 nitrogen and oxygen atoms in total. The van der Waals surface area contributed by atoms with Gasteiger partial charge in [-0.15, -0.1) is 0 Å². The van der Waals surface area contributed by atoms with Crippen molar-refractivity contribution in [1.29, 1.82) is 0 Å². The van der Waals surface area contributed by atoms with Crippen molar-refractivity contribution in [3.8, 4) is 39.9 Å². The summed E-state index contributed by atoms with van der Waals surface area (Å²) in [6.07, 6.45) is 0. The maximum atomic E-state index is 14.9. The summed E-state index contributed by atoms with van der Waals surface area (Å²) in [5.74, 6) is 2.58. The molecule has 5 aromatic carbocycles. The maximum Gasteiger partial charge on any atom is 0.311 e. The molecule has 0 aliphatic carbocycles. The number of fused-ring (bicyclic) bond motifs is 3. The van der Waals surface area contributed by atoms with Crippen LogP contribution in [0.25, 0.3) is 11.1 Å². The summed E-state index contributed by atoms with van der Waals surface area (Å²) in [6.45, 7) is 8.00. The molecule has 0 spiro atoms. The Bertz CT molecular complexity index is 1650. The quantitative estimate of drug-likeness (QED) is 0.163. The molecule has 0 bridgehead atoms. The van der Waals surface area contributed by atoms with Gasteiger partial charge in [0, 0.05) is 16.9 Å². The second kappa shape index (κ2) is 13.1. The molecular formula is C34H35N2O4P. The fourth-order valence-corrected chi connectivity index (χ4v) is 6.70. The van der Waals surface area contributed by atoms with E-state index in [-0.39, 0.29) is 0 Å². The Hall–Kier alpha value is -4.67. The van der Waals surface area contributed by atoms with Crippen LogP contribution in [-0.2, 0) is 4.57 Å². The van der Waals surface area contributed by atoms with Crippen LogP contribution in [0.3, 0.4) is 0 Å². The molecule has 1 unspecified atom stereocenters. The molecule has 0 radical (unpaired) electrons. The second-order valence-corrected chi connectivity index (χ2v) is 10.9. The van der Waals surface area contributed by atoms with E-state index < -0.39 is 7.37 Å². The zero-order valence-electron chi connectivity index (χ0n) is 23.7. The molecule has 7 heteroatoms. The molecule has 210 valence electrons. The van der Waals surface area contributed by atoms with Gasteiger partial charge in [-0.05, 0) is 84.4 Å². The molecule has 5 aromatic rings. The predicted octanol–water partition coefficient (Wildman–Crippen LogP) is 8.78. The Balaban J connectivity index is 0.000000929. The van der Waals surface area contributed by atoms with Crippen molar-refractivity contribution in [3.63, 3.8) is 0 Å². The number of hydrogen-bond donors (Lipinski definition) is 2. The van der Waals surface area contributed by atoms with E-state index in [1.807, 2.05) is 76.2 Å². The van der Waals surface area contributed by atoms with Crippen molar-refractivity contribution in [2.45, 2.75) is 27.7 Å². The summed E-state index contributed by atoms with van der Waals surface area (Å²) in [6, 6.07) is 34.5. The highest BCUT2D eigenvalue weighted by molar-refractivity contribution is 7.75. The Morgan fingerprint density at radius 3 is 1.71 bits per heavy atom. The number of nitrogen functional groups attached to an aromatic ring is 2. The first kappa shape index (κ1) is 29.3. The van der Waals surface area contributed by atoms with Gasteiger partial charge in [-0.3, -0.25) is 4.57 Å². The topological polar surface area (TPSA) is 96.8 Å². The molecule has 1 heterocycles. The summed E-state index contributed by atoms with van der Waals surface area (Å²) < 4.78 is 33.6. The van der Waals surface area contributed by atoms with Gasteiger partial charge in [0.15, 0.2) is 0 Å². The Labute approximate surface area is 242 Å². The molecule has 0 saturated carbocycles. The number of para-hydroxylation sites is 1. The third kappa shape index (κ3) is 6.24. The summed E-state index contributed by atoms with van der Waals surface area (Å²) in [7, 11) is -3.66. The van der Waals surface area contributed by atoms with Crippen LogP contribution in [0.15, 0.2) is 115 Å². The molecule has 0 aromatic heterocycles. The first-order chi connectivity index (χ1) is 20.0. The van der Waals surface area contributed by atoms with Crippen LogP contribution in [0.1, 0.15) is 27.7 Å². The van der Waals surface area contributed by atoms with Crippen LogP contribution < -0.4 is 36.1 Å². The van der Waals surface area contributed by atoms with Gasteiger partial charge in [-0.2, -0.15) is 0 Å². The Morgan fingerprint density at radius 2 is 1.07 bits per heavy atom. The van der Waals surface area contributed by atoms with Gasteiger partial charge in [-0.1, -0.05) is 64.1 Å². The molecule has 1 aliphatic heterocycles. The molecule has 6 rings (SSSR count). The summed E-state index contributed by atoms with van der Waals surface area (Å²) >= 11 is 0. The lowest BCUT2D eigenvalue weighted by atomic mass is 10.0. The number of benzene rings is 5. The van der Waals surface area contributed by atoms with Gasteiger partial charge in [0.1, 0.15) is 28.7 Å². The first-order valence-corrected chi connectivity index (χ1v) is 15.3. The van der Waals surface area contributed by atoms with E-state index in [2.05, 4.69) is 0 Å². The van der Waals surface area contributed by atoms with Crippen LogP contribution in [-0.4, -0.2) is 0 Å². The van der Waals surface area contributed by atoms with E-state index in [0.717, 1.165) is 11.1 Å². The second-order valence-electron chi connectivity index (χ2n) is 8.63. The predicted molar refractivity (Wildman–Crippen MR) is 170 cm³/mol. The summed E-state index contributed by atoms with van der Waals surface area (Å²) in [4.78, 5) is 0. The van der Waals surface area contributed by atoms with Gasteiger partial charge >= 0.3 is 7.37 Å². The van der Waals surface area contributed by atoms with Crippen LogP contribution in [0.2, 0.25) is 0 Å². The van der Waals surface area contributed by atoms with Crippen LogP contribution in [0, 0.1) is 0 Å². The molecule has 4 N–H and O–H groups in total.